The van der Waals surface area contributed by atoms with Gasteiger partial charge in [0.15, 0.2) is 11.5 Å². The van der Waals surface area contributed by atoms with Crippen LogP contribution < -0.4 is 10.1 Å². The van der Waals surface area contributed by atoms with Gasteiger partial charge in [-0.15, -0.1) is 0 Å². The molecule has 2 N–H and O–H groups in total. The predicted octanol–water partition coefficient (Wildman–Crippen LogP) is 4.22. The van der Waals surface area contributed by atoms with Gasteiger partial charge in [0.05, 0.1) is 13.0 Å². The Bertz CT molecular complexity index is 767. The van der Waals surface area contributed by atoms with Crippen molar-refractivity contribution in [1.82, 2.24) is 10.2 Å². The Hall–Kier alpha value is -2.44. The standard InChI is InChI=1S/C24H36N2O5/c1-4-24(5-2)11-8-19(9-12-24)31-23(29)26-13-10-18(16-26)22(28)25-15-17-6-7-20(27)21(14-17)30-3/h6-7,14,18-19,27H,4-5,8-13,15-16H2,1-3H3,(H,25,28)/t18-/m1/s1. The van der Waals surface area contributed by atoms with Crippen molar-refractivity contribution in [2.45, 2.75) is 71.4 Å². The highest BCUT2D eigenvalue weighted by Crippen LogP contribution is 2.42. The van der Waals surface area contributed by atoms with Crippen LogP contribution in [0.25, 0.3) is 0 Å². The Balaban J connectivity index is 1.43. The summed E-state index contributed by atoms with van der Waals surface area (Å²) in [5.41, 5.74) is 1.26. The average molecular weight is 433 g/mol. The molecule has 1 saturated carbocycles. The third-order valence-corrected chi connectivity index (χ3v) is 7.29. The van der Waals surface area contributed by atoms with Gasteiger partial charge in [-0.2, -0.15) is 0 Å². The Labute approximate surface area is 185 Å². The lowest BCUT2D eigenvalue weighted by atomic mass is 9.70. The van der Waals surface area contributed by atoms with E-state index in [1.165, 1.54) is 20.0 Å². The molecule has 1 atom stereocenters. The maximum atomic E-state index is 12.6. The number of rotatable bonds is 7. The molecular weight excluding hydrogens is 396 g/mol. The van der Waals surface area contributed by atoms with Crippen LogP contribution in [-0.4, -0.2) is 48.3 Å². The molecule has 2 aliphatic rings. The lowest BCUT2D eigenvalue weighted by Crippen LogP contribution is -2.37. The van der Waals surface area contributed by atoms with Gasteiger partial charge >= 0.3 is 6.09 Å². The normalized spacial score (nSPS) is 21.0. The summed E-state index contributed by atoms with van der Waals surface area (Å²) in [4.78, 5) is 26.8. The first-order valence-corrected chi connectivity index (χ1v) is 11.5. The smallest absolute Gasteiger partial charge is 0.410 e. The summed E-state index contributed by atoms with van der Waals surface area (Å²) in [6, 6.07) is 4.99. The van der Waals surface area contributed by atoms with E-state index in [-0.39, 0.29) is 29.8 Å². The molecule has 0 aromatic heterocycles. The summed E-state index contributed by atoms with van der Waals surface area (Å²) in [5, 5.41) is 12.6. The molecular formula is C24H36N2O5. The number of hydrogen-bond donors (Lipinski definition) is 2. The highest BCUT2D eigenvalue weighted by Gasteiger charge is 2.36. The molecule has 172 valence electrons. The van der Waals surface area contributed by atoms with Gasteiger partial charge in [-0.25, -0.2) is 4.79 Å². The van der Waals surface area contributed by atoms with Crippen molar-refractivity contribution < 1.29 is 24.2 Å². The van der Waals surface area contributed by atoms with Crippen molar-refractivity contribution in [3.63, 3.8) is 0 Å². The zero-order valence-electron chi connectivity index (χ0n) is 19.0. The van der Waals surface area contributed by atoms with E-state index >= 15 is 0 Å². The van der Waals surface area contributed by atoms with E-state index in [9.17, 15) is 14.7 Å². The van der Waals surface area contributed by atoms with Crippen LogP contribution in [0.3, 0.4) is 0 Å². The van der Waals surface area contributed by atoms with Crippen molar-refractivity contribution in [2.75, 3.05) is 20.2 Å². The minimum absolute atomic E-state index is 0.00363. The van der Waals surface area contributed by atoms with Crippen LogP contribution in [0, 0.1) is 11.3 Å². The van der Waals surface area contributed by atoms with Crippen molar-refractivity contribution in [2.24, 2.45) is 11.3 Å². The molecule has 0 bridgehead atoms. The summed E-state index contributed by atoms with van der Waals surface area (Å²) in [5.74, 6) is 0.136. The summed E-state index contributed by atoms with van der Waals surface area (Å²) in [6.45, 7) is 5.79. The van der Waals surface area contributed by atoms with Gasteiger partial charge in [0.25, 0.3) is 0 Å². The Morgan fingerprint density at radius 1 is 1.19 bits per heavy atom. The first-order valence-electron chi connectivity index (χ1n) is 11.5. The summed E-state index contributed by atoms with van der Waals surface area (Å²) < 4.78 is 10.9. The number of carbonyl (C=O) groups is 2. The van der Waals surface area contributed by atoms with Crippen LogP contribution in [-0.2, 0) is 16.1 Å². The monoisotopic (exact) mass is 432 g/mol. The molecule has 1 aromatic carbocycles. The third-order valence-electron chi connectivity index (χ3n) is 7.29. The molecule has 1 aliphatic heterocycles. The van der Waals surface area contributed by atoms with Crippen molar-refractivity contribution in [3.05, 3.63) is 23.8 Å². The minimum Gasteiger partial charge on any atom is -0.504 e. The van der Waals surface area contributed by atoms with Gasteiger partial charge in [0, 0.05) is 19.6 Å². The molecule has 1 saturated heterocycles. The molecule has 7 nitrogen and oxygen atoms in total. The zero-order valence-corrected chi connectivity index (χ0v) is 19.0. The topological polar surface area (TPSA) is 88.1 Å². The van der Waals surface area contributed by atoms with E-state index in [1.807, 2.05) is 0 Å². The summed E-state index contributed by atoms with van der Waals surface area (Å²) >= 11 is 0. The highest BCUT2D eigenvalue weighted by molar-refractivity contribution is 5.80. The molecule has 2 fully saturated rings. The van der Waals surface area contributed by atoms with Crippen molar-refractivity contribution in [3.8, 4) is 11.5 Å². The number of hydrogen-bond acceptors (Lipinski definition) is 5. The molecule has 0 spiro atoms. The SMILES string of the molecule is CCC1(CC)CCC(OC(=O)N2CC[C@@H](C(=O)NCc3ccc(O)c(OC)c3)C2)CC1. The fourth-order valence-corrected chi connectivity index (χ4v) is 4.80. The molecule has 0 radical (unpaired) electrons. The number of benzene rings is 1. The maximum Gasteiger partial charge on any atom is 0.410 e. The molecule has 7 heteroatoms. The second-order valence-electron chi connectivity index (χ2n) is 8.95. The third kappa shape index (κ3) is 5.63. The highest BCUT2D eigenvalue weighted by atomic mass is 16.6. The van der Waals surface area contributed by atoms with Crippen LogP contribution in [0.1, 0.15) is 64.4 Å². The Morgan fingerprint density at radius 3 is 2.55 bits per heavy atom. The van der Waals surface area contributed by atoms with E-state index in [0.717, 1.165) is 31.2 Å². The number of ether oxygens (including phenoxy) is 2. The zero-order chi connectivity index (χ0) is 22.4. The first kappa shape index (κ1) is 23.2. The second kappa shape index (κ2) is 10.2. The molecule has 0 unspecified atom stereocenters. The number of nitrogens with one attached hydrogen (secondary N) is 1. The summed E-state index contributed by atoms with van der Waals surface area (Å²) in [6.07, 6.45) is 6.81. The number of phenolic OH excluding ortho intramolecular Hbond substituents is 1. The van der Waals surface area contributed by atoms with Crippen molar-refractivity contribution in [1.29, 1.82) is 0 Å². The van der Waals surface area contributed by atoms with E-state index in [0.29, 0.717) is 37.2 Å². The largest absolute Gasteiger partial charge is 0.504 e. The number of likely N-dealkylation sites (tertiary alicyclic amines) is 1. The average Bonchev–Trinajstić information content (AvgIpc) is 3.30. The van der Waals surface area contributed by atoms with Gasteiger partial charge in [-0.1, -0.05) is 32.8 Å². The number of phenols is 1. The minimum atomic E-state index is -0.288. The van der Waals surface area contributed by atoms with Crippen LogP contribution >= 0.6 is 0 Å². The predicted molar refractivity (Wildman–Crippen MR) is 118 cm³/mol. The van der Waals surface area contributed by atoms with Crippen LogP contribution in [0.5, 0.6) is 11.5 Å². The number of methoxy groups -OCH3 is 1. The quantitative estimate of drug-likeness (QED) is 0.673. The fourth-order valence-electron chi connectivity index (χ4n) is 4.80. The molecule has 3 rings (SSSR count). The van der Waals surface area contributed by atoms with Crippen LogP contribution in [0.15, 0.2) is 18.2 Å². The van der Waals surface area contributed by atoms with Crippen LogP contribution in [0.2, 0.25) is 0 Å². The van der Waals surface area contributed by atoms with Crippen LogP contribution in [0.4, 0.5) is 4.79 Å². The molecule has 1 aromatic rings. The van der Waals surface area contributed by atoms with Gasteiger partial charge in [-0.05, 0) is 55.2 Å². The van der Waals surface area contributed by atoms with E-state index in [2.05, 4.69) is 19.2 Å². The Kier molecular flexibility index (Phi) is 7.68. The molecule has 2 amide bonds. The molecule has 1 heterocycles. The number of aromatic hydroxyl groups is 1. The second-order valence-corrected chi connectivity index (χ2v) is 8.95. The van der Waals surface area contributed by atoms with E-state index < -0.39 is 0 Å². The van der Waals surface area contributed by atoms with Gasteiger partial charge in [0.2, 0.25) is 5.91 Å². The van der Waals surface area contributed by atoms with E-state index in [4.69, 9.17) is 9.47 Å². The van der Waals surface area contributed by atoms with E-state index in [1.54, 1.807) is 23.1 Å². The Morgan fingerprint density at radius 2 is 1.90 bits per heavy atom. The summed E-state index contributed by atoms with van der Waals surface area (Å²) in [7, 11) is 1.49. The van der Waals surface area contributed by atoms with Gasteiger partial charge < -0.3 is 24.8 Å². The lowest BCUT2D eigenvalue weighted by molar-refractivity contribution is -0.124. The van der Waals surface area contributed by atoms with Crippen molar-refractivity contribution >= 4 is 12.0 Å². The number of nitrogens with zero attached hydrogens (tertiary/aromatic N) is 1. The lowest BCUT2D eigenvalue weighted by Gasteiger charge is -2.39. The number of amides is 2. The van der Waals surface area contributed by atoms with Gasteiger partial charge in [-0.3, -0.25) is 4.79 Å². The fraction of sp³-hybridized carbons (Fsp3) is 0.667. The maximum absolute atomic E-state index is 12.6. The molecule has 31 heavy (non-hydrogen) atoms. The van der Waals surface area contributed by atoms with Gasteiger partial charge in [0.1, 0.15) is 6.10 Å². The molecule has 1 aliphatic carbocycles. The number of carbonyl (C=O) groups excluding carboxylic acids is 2. The first-order chi connectivity index (χ1) is 14.9.